The van der Waals surface area contributed by atoms with Gasteiger partial charge in [0.2, 0.25) is 0 Å². The summed E-state index contributed by atoms with van der Waals surface area (Å²) in [5.74, 6) is -2.51. The van der Waals surface area contributed by atoms with E-state index in [1.54, 1.807) is 31.4 Å². The molecule has 0 aromatic heterocycles. The van der Waals surface area contributed by atoms with Gasteiger partial charge >= 0.3 is 11.9 Å². The highest BCUT2D eigenvalue weighted by Gasteiger charge is 2.20. The molecular weight excluding hydrogens is 238 g/mol. The molecule has 0 unspecified atom stereocenters. The van der Waals surface area contributed by atoms with Gasteiger partial charge in [-0.15, -0.1) is 0 Å². The Hall–Kier alpha value is -2.24. The van der Waals surface area contributed by atoms with E-state index in [0.29, 0.717) is 11.4 Å². The van der Waals surface area contributed by atoms with Gasteiger partial charge in [0, 0.05) is 12.2 Å². The third-order valence-electron chi connectivity index (χ3n) is 2.41. The molecule has 0 radical (unpaired) electrons. The maximum absolute atomic E-state index is 10.8. The maximum Gasteiger partial charge on any atom is 0.308 e. The van der Waals surface area contributed by atoms with Gasteiger partial charge in [0.25, 0.3) is 0 Å². The maximum atomic E-state index is 10.8. The van der Waals surface area contributed by atoms with Gasteiger partial charge in [-0.3, -0.25) is 9.59 Å². The van der Waals surface area contributed by atoms with Crippen LogP contribution in [0.25, 0.3) is 0 Å². The zero-order valence-electron chi connectivity index (χ0n) is 9.92. The molecule has 18 heavy (non-hydrogen) atoms. The number of hydrogen-bond acceptors (Lipinski definition) is 4. The normalized spacial score (nSPS) is 11.6. The van der Waals surface area contributed by atoms with Crippen LogP contribution in [0.1, 0.15) is 6.42 Å². The third kappa shape index (κ3) is 4.32. The summed E-state index contributed by atoms with van der Waals surface area (Å²) in [6, 6.07) is 6.93. The summed E-state index contributed by atoms with van der Waals surface area (Å²) in [6.45, 7) is 0.0635. The lowest BCUT2D eigenvalue weighted by atomic mass is 10.1. The molecule has 1 rings (SSSR count). The lowest BCUT2D eigenvalue weighted by molar-refractivity contribution is -0.147. The van der Waals surface area contributed by atoms with Crippen LogP contribution >= 0.6 is 0 Å². The van der Waals surface area contributed by atoms with Gasteiger partial charge in [-0.2, -0.15) is 0 Å². The van der Waals surface area contributed by atoms with E-state index in [0.717, 1.165) is 0 Å². The van der Waals surface area contributed by atoms with Crippen molar-refractivity contribution < 1.29 is 24.5 Å². The molecule has 0 aliphatic heterocycles. The van der Waals surface area contributed by atoms with Gasteiger partial charge in [0.15, 0.2) is 0 Å². The van der Waals surface area contributed by atoms with E-state index >= 15 is 0 Å². The Morgan fingerprint density at radius 1 is 1.28 bits per heavy atom. The number of aliphatic carboxylic acids is 2. The Balaban J connectivity index is 2.55. The lowest BCUT2D eigenvalue weighted by Gasteiger charge is -2.12. The number of benzene rings is 1. The topological polar surface area (TPSA) is 95.9 Å². The fraction of sp³-hybridized carbons (Fsp3) is 0.333. The van der Waals surface area contributed by atoms with Crippen molar-refractivity contribution in [3.8, 4) is 5.75 Å². The number of anilines is 1. The van der Waals surface area contributed by atoms with Gasteiger partial charge in [-0.05, 0) is 24.3 Å². The smallest absolute Gasteiger partial charge is 0.308 e. The number of hydrogen-bond donors (Lipinski definition) is 3. The number of carboxylic acids is 2. The number of rotatable bonds is 7. The number of nitrogens with one attached hydrogen (secondary N) is 1. The molecule has 0 saturated heterocycles. The summed E-state index contributed by atoms with van der Waals surface area (Å²) in [5, 5.41) is 20.3. The van der Waals surface area contributed by atoms with E-state index in [1.807, 2.05) is 0 Å². The molecule has 0 aliphatic carbocycles. The molecule has 98 valence electrons. The Morgan fingerprint density at radius 3 is 2.33 bits per heavy atom. The average molecular weight is 253 g/mol. The molecule has 1 aromatic rings. The first-order valence-corrected chi connectivity index (χ1v) is 5.35. The van der Waals surface area contributed by atoms with Crippen molar-refractivity contribution in [3.05, 3.63) is 24.3 Å². The molecule has 3 N–H and O–H groups in total. The highest BCUT2D eigenvalue weighted by Crippen LogP contribution is 2.15. The molecule has 0 bridgehead atoms. The Morgan fingerprint density at radius 2 is 1.89 bits per heavy atom. The predicted octanol–water partition coefficient (Wildman–Crippen LogP) is 1.28. The van der Waals surface area contributed by atoms with Gasteiger partial charge in [0.1, 0.15) is 5.75 Å². The van der Waals surface area contributed by atoms with Gasteiger partial charge in [0.05, 0.1) is 19.4 Å². The fourth-order valence-corrected chi connectivity index (χ4v) is 1.41. The fourth-order valence-electron chi connectivity index (χ4n) is 1.41. The number of carboxylic acid groups (broad SMARTS) is 2. The van der Waals surface area contributed by atoms with Crippen LogP contribution < -0.4 is 10.1 Å². The first-order chi connectivity index (χ1) is 8.52. The minimum absolute atomic E-state index is 0.0635. The van der Waals surface area contributed by atoms with Crippen LogP contribution in [-0.4, -0.2) is 35.8 Å². The van der Waals surface area contributed by atoms with Gasteiger partial charge in [-0.1, -0.05) is 0 Å². The predicted molar refractivity (Wildman–Crippen MR) is 64.9 cm³/mol. The first-order valence-electron chi connectivity index (χ1n) is 5.35. The van der Waals surface area contributed by atoms with Crippen LogP contribution in [0.2, 0.25) is 0 Å². The highest BCUT2D eigenvalue weighted by atomic mass is 16.5. The quantitative estimate of drug-likeness (QED) is 0.677. The van der Waals surface area contributed by atoms with Crippen LogP contribution in [0, 0.1) is 5.92 Å². The Kier molecular flexibility index (Phi) is 4.98. The van der Waals surface area contributed by atoms with Crippen molar-refractivity contribution in [1.82, 2.24) is 0 Å². The molecule has 0 saturated carbocycles. The lowest BCUT2D eigenvalue weighted by Crippen LogP contribution is -2.25. The Bertz CT molecular complexity index is 415. The van der Waals surface area contributed by atoms with E-state index in [4.69, 9.17) is 14.9 Å². The highest BCUT2D eigenvalue weighted by molar-refractivity contribution is 5.78. The van der Waals surface area contributed by atoms with Crippen molar-refractivity contribution in [3.63, 3.8) is 0 Å². The Labute approximate surface area is 104 Å². The molecule has 6 nitrogen and oxygen atoms in total. The summed E-state index contributed by atoms with van der Waals surface area (Å²) in [4.78, 5) is 21.3. The number of methoxy groups -OCH3 is 1. The standard InChI is InChI=1S/C12H15NO5/c1-18-10-4-2-9(3-5-10)13-7-8(12(16)17)6-11(14)15/h2-5,8,13H,6-7H2,1H3,(H,14,15)(H,16,17)/t8-/m0/s1. The largest absolute Gasteiger partial charge is 0.497 e. The second kappa shape index (κ2) is 6.48. The second-order valence-corrected chi connectivity index (χ2v) is 3.74. The average Bonchev–Trinajstić information content (AvgIpc) is 2.34. The van der Waals surface area contributed by atoms with Gasteiger partial charge < -0.3 is 20.3 Å². The van der Waals surface area contributed by atoms with E-state index in [-0.39, 0.29) is 6.54 Å². The van der Waals surface area contributed by atoms with Crippen molar-refractivity contribution in [2.24, 2.45) is 5.92 Å². The number of carbonyl (C=O) groups is 2. The van der Waals surface area contributed by atoms with Crippen molar-refractivity contribution in [1.29, 1.82) is 0 Å². The molecule has 1 atom stereocenters. The number of ether oxygens (including phenoxy) is 1. The van der Waals surface area contributed by atoms with E-state index in [9.17, 15) is 9.59 Å². The van der Waals surface area contributed by atoms with Crippen LogP contribution in [0.15, 0.2) is 24.3 Å². The molecule has 1 aromatic carbocycles. The molecule has 0 fully saturated rings. The molecule has 0 spiro atoms. The molecular formula is C12H15NO5. The summed E-state index contributed by atoms with van der Waals surface area (Å²) in [5.41, 5.74) is 0.715. The molecule has 6 heteroatoms. The summed E-state index contributed by atoms with van der Waals surface area (Å²) >= 11 is 0. The van der Waals surface area contributed by atoms with Gasteiger partial charge in [-0.25, -0.2) is 0 Å². The zero-order valence-corrected chi connectivity index (χ0v) is 9.92. The van der Waals surface area contributed by atoms with Crippen LogP contribution in [0.3, 0.4) is 0 Å². The first kappa shape index (κ1) is 13.8. The minimum Gasteiger partial charge on any atom is -0.497 e. The summed E-state index contributed by atoms with van der Waals surface area (Å²) < 4.78 is 4.99. The van der Waals surface area contributed by atoms with Crippen molar-refractivity contribution >= 4 is 17.6 Å². The van der Waals surface area contributed by atoms with Crippen LogP contribution in [0.5, 0.6) is 5.75 Å². The summed E-state index contributed by atoms with van der Waals surface area (Å²) in [7, 11) is 1.55. The van der Waals surface area contributed by atoms with Crippen LogP contribution in [0.4, 0.5) is 5.69 Å². The van der Waals surface area contributed by atoms with E-state index in [2.05, 4.69) is 5.32 Å². The molecule has 0 heterocycles. The SMILES string of the molecule is COc1ccc(NC[C@H](CC(=O)O)C(=O)O)cc1. The molecule has 0 amide bonds. The second-order valence-electron chi connectivity index (χ2n) is 3.74. The zero-order chi connectivity index (χ0) is 13.5. The monoisotopic (exact) mass is 253 g/mol. The third-order valence-corrected chi connectivity index (χ3v) is 2.41. The minimum atomic E-state index is -1.13. The van der Waals surface area contributed by atoms with E-state index < -0.39 is 24.3 Å². The van der Waals surface area contributed by atoms with Crippen LogP contribution in [-0.2, 0) is 9.59 Å². The van der Waals surface area contributed by atoms with Crippen molar-refractivity contribution in [2.45, 2.75) is 6.42 Å². The summed E-state index contributed by atoms with van der Waals surface area (Å²) in [6.07, 6.45) is -0.404. The van der Waals surface area contributed by atoms with E-state index in [1.165, 1.54) is 0 Å². The van der Waals surface area contributed by atoms with Crippen molar-refractivity contribution in [2.75, 3.05) is 19.0 Å². The molecule has 0 aliphatic rings.